The normalized spacial score (nSPS) is 24.1. The van der Waals surface area contributed by atoms with Crippen LogP contribution in [-0.2, 0) is 4.74 Å². The fourth-order valence-corrected chi connectivity index (χ4v) is 2.13. The van der Waals surface area contributed by atoms with Crippen LogP contribution in [-0.4, -0.2) is 47.0 Å². The van der Waals surface area contributed by atoms with E-state index in [2.05, 4.69) is 4.98 Å². The van der Waals surface area contributed by atoms with Crippen LogP contribution in [0.1, 0.15) is 17.4 Å². The first kappa shape index (κ1) is 13.2. The lowest BCUT2D eigenvalue weighted by Gasteiger charge is -2.35. The van der Waals surface area contributed by atoms with Gasteiger partial charge in [-0.05, 0) is 19.1 Å². The molecule has 2 atom stereocenters. The minimum Gasteiger partial charge on any atom is -0.370 e. The number of pyridine rings is 1. The summed E-state index contributed by atoms with van der Waals surface area (Å²) in [5, 5.41) is 0. The summed E-state index contributed by atoms with van der Waals surface area (Å²) >= 11 is 5.75. The van der Waals surface area contributed by atoms with Gasteiger partial charge in [0.25, 0.3) is 5.91 Å². The van der Waals surface area contributed by atoms with E-state index in [-0.39, 0.29) is 23.8 Å². The molecule has 0 aliphatic carbocycles. The van der Waals surface area contributed by atoms with Crippen LogP contribution < -0.4 is 0 Å². The molecule has 1 aliphatic heterocycles. The van der Waals surface area contributed by atoms with Gasteiger partial charge in [-0.25, -0.2) is 9.37 Å². The molecule has 1 aromatic heterocycles. The molecule has 98 valence electrons. The third-order valence-corrected chi connectivity index (χ3v) is 3.08. The number of hydrogen-bond acceptors (Lipinski definition) is 3. The van der Waals surface area contributed by atoms with Gasteiger partial charge in [0.1, 0.15) is 11.5 Å². The molecule has 0 spiro atoms. The molecule has 0 bridgehead atoms. The molecule has 2 rings (SSSR count). The predicted octanol–water partition coefficient (Wildman–Crippen LogP) is 1.69. The average molecular weight is 273 g/mol. The van der Waals surface area contributed by atoms with Crippen LogP contribution >= 0.6 is 11.6 Å². The van der Waals surface area contributed by atoms with Crippen molar-refractivity contribution in [1.29, 1.82) is 0 Å². The fourth-order valence-electron chi connectivity index (χ4n) is 1.96. The molecule has 0 saturated carbocycles. The Kier molecular flexibility index (Phi) is 4.14. The van der Waals surface area contributed by atoms with Crippen molar-refractivity contribution in [2.45, 2.75) is 19.1 Å². The van der Waals surface area contributed by atoms with Crippen LogP contribution in [0.5, 0.6) is 0 Å². The first-order valence-corrected chi connectivity index (χ1v) is 6.26. The van der Waals surface area contributed by atoms with Gasteiger partial charge >= 0.3 is 0 Å². The Morgan fingerprint density at radius 1 is 1.61 bits per heavy atom. The summed E-state index contributed by atoms with van der Waals surface area (Å²) in [7, 11) is 0. The number of hydrogen-bond donors (Lipinski definition) is 0. The molecule has 0 N–H and O–H groups in total. The van der Waals surface area contributed by atoms with Crippen molar-refractivity contribution >= 4 is 17.5 Å². The van der Waals surface area contributed by atoms with E-state index in [1.165, 1.54) is 12.1 Å². The van der Waals surface area contributed by atoms with E-state index in [9.17, 15) is 9.18 Å². The highest BCUT2D eigenvalue weighted by molar-refractivity contribution is 6.18. The molecule has 1 aromatic rings. The highest BCUT2D eigenvalue weighted by Crippen LogP contribution is 2.14. The minimum absolute atomic E-state index is 0.0631. The van der Waals surface area contributed by atoms with E-state index in [1.54, 1.807) is 4.90 Å². The maximum atomic E-state index is 12.7. The van der Waals surface area contributed by atoms with Crippen LogP contribution in [0.2, 0.25) is 0 Å². The third kappa shape index (κ3) is 2.97. The van der Waals surface area contributed by atoms with Crippen molar-refractivity contribution in [3.63, 3.8) is 0 Å². The molecular formula is C12H14ClFN2O2. The second kappa shape index (κ2) is 5.63. The van der Waals surface area contributed by atoms with E-state index in [4.69, 9.17) is 16.3 Å². The van der Waals surface area contributed by atoms with Gasteiger partial charge in [-0.1, -0.05) is 0 Å². The highest BCUT2D eigenvalue weighted by Gasteiger charge is 2.28. The third-order valence-electron chi connectivity index (χ3n) is 2.73. The first-order chi connectivity index (χ1) is 8.60. The summed E-state index contributed by atoms with van der Waals surface area (Å²) in [4.78, 5) is 17.6. The lowest BCUT2D eigenvalue weighted by atomic mass is 10.2. The number of ether oxygens (including phenoxy) is 1. The van der Waals surface area contributed by atoms with Crippen LogP contribution in [0.15, 0.2) is 18.3 Å². The average Bonchev–Trinajstić information content (AvgIpc) is 2.38. The second-order valence-corrected chi connectivity index (χ2v) is 4.60. The van der Waals surface area contributed by atoms with Crippen molar-refractivity contribution in [2.24, 2.45) is 0 Å². The zero-order valence-corrected chi connectivity index (χ0v) is 10.7. The van der Waals surface area contributed by atoms with Gasteiger partial charge in [-0.15, -0.1) is 11.6 Å². The molecule has 6 heteroatoms. The molecule has 1 aliphatic rings. The van der Waals surface area contributed by atoms with Gasteiger partial charge in [0.15, 0.2) is 0 Å². The number of carbonyl (C=O) groups excluding carboxylic acids is 1. The topological polar surface area (TPSA) is 42.4 Å². The number of aromatic nitrogens is 1. The highest BCUT2D eigenvalue weighted by atomic mass is 35.5. The van der Waals surface area contributed by atoms with Gasteiger partial charge in [-0.3, -0.25) is 4.79 Å². The van der Waals surface area contributed by atoms with E-state index in [0.29, 0.717) is 19.0 Å². The van der Waals surface area contributed by atoms with Gasteiger partial charge < -0.3 is 9.64 Å². The quantitative estimate of drug-likeness (QED) is 0.770. The zero-order valence-electron chi connectivity index (χ0n) is 9.97. The Morgan fingerprint density at radius 3 is 3.00 bits per heavy atom. The molecule has 2 unspecified atom stereocenters. The summed E-state index contributed by atoms with van der Waals surface area (Å²) in [5.74, 6) is -0.342. The van der Waals surface area contributed by atoms with Crippen LogP contribution in [0, 0.1) is 5.82 Å². The van der Waals surface area contributed by atoms with E-state index >= 15 is 0 Å². The Hall–Kier alpha value is -1.20. The predicted molar refractivity (Wildman–Crippen MR) is 65.2 cm³/mol. The van der Waals surface area contributed by atoms with Crippen molar-refractivity contribution in [2.75, 3.05) is 19.0 Å². The lowest BCUT2D eigenvalue weighted by molar-refractivity contribution is -0.0571. The molecular weight excluding hydrogens is 259 g/mol. The molecule has 0 radical (unpaired) electrons. The number of rotatable bonds is 2. The maximum Gasteiger partial charge on any atom is 0.272 e. The smallest absolute Gasteiger partial charge is 0.272 e. The van der Waals surface area contributed by atoms with Crippen molar-refractivity contribution in [3.8, 4) is 0 Å². The Balaban J connectivity index is 2.10. The largest absolute Gasteiger partial charge is 0.370 e. The van der Waals surface area contributed by atoms with Gasteiger partial charge in [0.05, 0.1) is 24.3 Å². The molecule has 18 heavy (non-hydrogen) atoms. The van der Waals surface area contributed by atoms with Crippen molar-refractivity contribution < 1.29 is 13.9 Å². The Labute approximate surface area is 110 Å². The SMILES string of the molecule is CC1CN(C(=O)c2ccc(F)cn2)CC(CCl)O1. The monoisotopic (exact) mass is 272 g/mol. The van der Waals surface area contributed by atoms with E-state index in [0.717, 1.165) is 6.20 Å². The van der Waals surface area contributed by atoms with Crippen LogP contribution in [0.3, 0.4) is 0 Å². The number of morpholine rings is 1. The molecule has 1 fully saturated rings. The number of alkyl halides is 1. The molecule has 2 heterocycles. The number of carbonyl (C=O) groups is 1. The van der Waals surface area contributed by atoms with E-state index in [1.807, 2.05) is 6.92 Å². The maximum absolute atomic E-state index is 12.7. The fraction of sp³-hybridized carbons (Fsp3) is 0.500. The minimum atomic E-state index is -0.458. The summed E-state index contributed by atoms with van der Waals surface area (Å²) in [6.45, 7) is 2.81. The molecule has 4 nitrogen and oxygen atoms in total. The zero-order chi connectivity index (χ0) is 13.1. The van der Waals surface area contributed by atoms with E-state index < -0.39 is 5.82 Å². The summed E-state index contributed by atoms with van der Waals surface area (Å²) < 4.78 is 18.3. The standard InChI is InChI=1S/C12H14ClFN2O2/c1-8-6-16(7-10(4-13)18-8)12(17)11-3-2-9(14)5-15-11/h2-3,5,8,10H,4,6-7H2,1H3. The molecule has 1 saturated heterocycles. The summed E-state index contributed by atoms with van der Waals surface area (Å²) in [5.41, 5.74) is 0.235. The second-order valence-electron chi connectivity index (χ2n) is 4.29. The molecule has 0 aromatic carbocycles. The Morgan fingerprint density at radius 2 is 2.39 bits per heavy atom. The van der Waals surface area contributed by atoms with Crippen molar-refractivity contribution in [1.82, 2.24) is 9.88 Å². The van der Waals surface area contributed by atoms with Crippen molar-refractivity contribution in [3.05, 3.63) is 29.8 Å². The summed E-state index contributed by atoms with van der Waals surface area (Å²) in [6, 6.07) is 2.61. The number of halogens is 2. The van der Waals surface area contributed by atoms with Crippen LogP contribution in [0.25, 0.3) is 0 Å². The first-order valence-electron chi connectivity index (χ1n) is 5.72. The Bertz CT molecular complexity index is 427. The number of amides is 1. The molecule has 1 amide bonds. The van der Waals surface area contributed by atoms with Crippen LogP contribution in [0.4, 0.5) is 4.39 Å². The lowest BCUT2D eigenvalue weighted by Crippen LogP contribution is -2.49. The van der Waals surface area contributed by atoms with Gasteiger partial charge in [0.2, 0.25) is 0 Å². The summed E-state index contributed by atoms with van der Waals surface area (Å²) in [6.07, 6.45) is 0.808. The number of nitrogens with zero attached hydrogens (tertiary/aromatic N) is 2. The van der Waals surface area contributed by atoms with Gasteiger partial charge in [0, 0.05) is 13.1 Å². The van der Waals surface area contributed by atoms with Gasteiger partial charge in [-0.2, -0.15) is 0 Å².